The molecule has 1 unspecified atom stereocenters. The number of amides is 1. The minimum Gasteiger partial charge on any atom is -0.352 e. The number of hydrogen-bond acceptors (Lipinski definition) is 4. The summed E-state index contributed by atoms with van der Waals surface area (Å²) in [5.74, 6) is -0.140. The van der Waals surface area contributed by atoms with Gasteiger partial charge in [0.2, 0.25) is 15.9 Å². The molecule has 110 valence electrons. The van der Waals surface area contributed by atoms with E-state index in [0.717, 1.165) is 12.8 Å². The van der Waals surface area contributed by atoms with Crippen LogP contribution in [0.5, 0.6) is 0 Å². The molecule has 2 heterocycles. The van der Waals surface area contributed by atoms with Gasteiger partial charge in [0, 0.05) is 42.9 Å². The highest BCUT2D eigenvalue weighted by atomic mass is 79.9. The van der Waals surface area contributed by atoms with Gasteiger partial charge in [-0.2, -0.15) is 4.31 Å². The number of nitrogens with one attached hydrogen (secondary N) is 1. The van der Waals surface area contributed by atoms with Gasteiger partial charge in [-0.05, 0) is 34.8 Å². The normalized spacial score (nSPS) is 20.6. The van der Waals surface area contributed by atoms with Crippen molar-refractivity contribution in [3.63, 3.8) is 0 Å². The minimum absolute atomic E-state index is 0.129. The Hall–Kier alpha value is -0.990. The van der Waals surface area contributed by atoms with Crippen molar-refractivity contribution in [2.75, 3.05) is 13.1 Å². The highest BCUT2D eigenvalue weighted by Crippen LogP contribution is 2.22. The predicted molar refractivity (Wildman–Crippen MR) is 77.5 cm³/mol. The lowest BCUT2D eigenvalue weighted by atomic mass is 10.1. The van der Waals surface area contributed by atoms with Gasteiger partial charge >= 0.3 is 0 Å². The Morgan fingerprint density at radius 1 is 1.50 bits per heavy atom. The molecule has 1 atom stereocenters. The zero-order valence-corrected chi connectivity index (χ0v) is 13.4. The van der Waals surface area contributed by atoms with Crippen molar-refractivity contribution in [2.45, 2.75) is 30.7 Å². The fourth-order valence-electron chi connectivity index (χ4n) is 2.25. The second-order valence-electron chi connectivity index (χ2n) is 4.74. The summed E-state index contributed by atoms with van der Waals surface area (Å²) in [5.41, 5.74) is 0. The number of nitrogens with zero attached hydrogens (tertiary/aromatic N) is 2. The van der Waals surface area contributed by atoms with E-state index in [1.807, 2.05) is 0 Å². The van der Waals surface area contributed by atoms with Gasteiger partial charge in [-0.25, -0.2) is 8.42 Å². The van der Waals surface area contributed by atoms with Crippen molar-refractivity contribution < 1.29 is 13.2 Å². The fraction of sp³-hybridized carbons (Fsp3) is 0.500. The standard InChI is InChI=1S/C12H16BrN3O3S/c1-9(17)15-11-3-2-4-16(8-11)20(18,19)12-5-10(13)6-14-7-12/h5-7,11H,2-4,8H2,1H3,(H,15,17). The smallest absolute Gasteiger partial charge is 0.244 e. The van der Waals surface area contributed by atoms with Crippen molar-refractivity contribution in [3.8, 4) is 0 Å². The Kier molecular flexibility index (Phi) is 4.77. The Bertz CT molecular complexity index is 606. The van der Waals surface area contributed by atoms with Gasteiger partial charge in [-0.3, -0.25) is 9.78 Å². The Morgan fingerprint density at radius 3 is 2.90 bits per heavy atom. The van der Waals surface area contributed by atoms with E-state index in [-0.39, 0.29) is 16.8 Å². The maximum Gasteiger partial charge on any atom is 0.244 e. The van der Waals surface area contributed by atoms with Crippen molar-refractivity contribution in [2.24, 2.45) is 0 Å². The van der Waals surface area contributed by atoms with Crippen molar-refractivity contribution in [3.05, 3.63) is 22.9 Å². The molecule has 1 amide bonds. The summed E-state index contributed by atoms with van der Waals surface area (Å²) in [7, 11) is -3.56. The molecule has 2 rings (SSSR count). The molecule has 1 saturated heterocycles. The fourth-order valence-corrected chi connectivity index (χ4v) is 4.28. The van der Waals surface area contributed by atoms with Gasteiger partial charge in [0.1, 0.15) is 4.90 Å². The lowest BCUT2D eigenvalue weighted by Gasteiger charge is -2.32. The molecular weight excluding hydrogens is 346 g/mol. The third-order valence-electron chi connectivity index (χ3n) is 3.11. The lowest BCUT2D eigenvalue weighted by Crippen LogP contribution is -2.49. The van der Waals surface area contributed by atoms with E-state index in [4.69, 9.17) is 0 Å². The third-order valence-corrected chi connectivity index (χ3v) is 5.37. The van der Waals surface area contributed by atoms with E-state index in [9.17, 15) is 13.2 Å². The maximum atomic E-state index is 12.5. The molecule has 20 heavy (non-hydrogen) atoms. The van der Waals surface area contributed by atoms with Crippen molar-refractivity contribution >= 4 is 31.9 Å². The molecular formula is C12H16BrN3O3S. The SMILES string of the molecule is CC(=O)NC1CCCN(S(=O)(=O)c2cncc(Br)c2)C1. The van der Waals surface area contributed by atoms with Gasteiger partial charge in [0.05, 0.1) is 0 Å². The summed E-state index contributed by atoms with van der Waals surface area (Å²) >= 11 is 3.22. The zero-order chi connectivity index (χ0) is 14.8. The van der Waals surface area contributed by atoms with E-state index in [1.54, 1.807) is 0 Å². The van der Waals surface area contributed by atoms with Crippen LogP contribution >= 0.6 is 15.9 Å². The van der Waals surface area contributed by atoms with Crippen molar-refractivity contribution in [1.82, 2.24) is 14.6 Å². The molecule has 1 aromatic heterocycles. The lowest BCUT2D eigenvalue weighted by molar-refractivity contribution is -0.119. The van der Waals surface area contributed by atoms with E-state index < -0.39 is 10.0 Å². The number of sulfonamides is 1. The number of carbonyl (C=O) groups excluding carboxylic acids is 1. The van der Waals surface area contributed by atoms with Crippen LogP contribution < -0.4 is 5.32 Å². The zero-order valence-electron chi connectivity index (χ0n) is 11.0. The number of pyridine rings is 1. The van der Waals surface area contributed by atoms with Crippen LogP contribution in [0.4, 0.5) is 0 Å². The molecule has 0 radical (unpaired) electrons. The number of halogens is 1. The van der Waals surface area contributed by atoms with E-state index >= 15 is 0 Å². The van der Waals surface area contributed by atoms with Crippen LogP contribution in [0.1, 0.15) is 19.8 Å². The van der Waals surface area contributed by atoms with Crippen LogP contribution in [0.15, 0.2) is 27.8 Å². The summed E-state index contributed by atoms with van der Waals surface area (Å²) < 4.78 is 27.1. The van der Waals surface area contributed by atoms with E-state index in [0.29, 0.717) is 17.6 Å². The summed E-state index contributed by atoms with van der Waals surface area (Å²) in [6.45, 7) is 2.20. The molecule has 1 N–H and O–H groups in total. The average Bonchev–Trinajstić information content (AvgIpc) is 2.38. The van der Waals surface area contributed by atoms with Crippen LogP contribution in [-0.2, 0) is 14.8 Å². The molecule has 0 bridgehead atoms. The summed E-state index contributed by atoms with van der Waals surface area (Å²) in [4.78, 5) is 15.1. The molecule has 8 heteroatoms. The second-order valence-corrected chi connectivity index (χ2v) is 7.60. The number of aromatic nitrogens is 1. The molecule has 1 aliphatic heterocycles. The largest absolute Gasteiger partial charge is 0.352 e. The first-order chi connectivity index (χ1) is 9.39. The maximum absolute atomic E-state index is 12.5. The predicted octanol–water partition coefficient (Wildman–Crippen LogP) is 1.13. The molecule has 1 aliphatic rings. The Morgan fingerprint density at radius 2 is 2.25 bits per heavy atom. The summed E-state index contributed by atoms with van der Waals surface area (Å²) in [5, 5.41) is 2.78. The van der Waals surface area contributed by atoms with Crippen LogP contribution in [0.3, 0.4) is 0 Å². The van der Waals surface area contributed by atoms with Crippen LogP contribution in [-0.4, -0.2) is 42.7 Å². The first kappa shape index (κ1) is 15.4. The summed E-state index contributed by atoms with van der Waals surface area (Å²) in [6, 6.07) is 1.40. The molecule has 0 spiro atoms. The molecule has 1 aromatic rings. The van der Waals surface area contributed by atoms with Crippen molar-refractivity contribution in [1.29, 1.82) is 0 Å². The van der Waals surface area contributed by atoms with E-state index in [2.05, 4.69) is 26.2 Å². The number of carbonyl (C=O) groups is 1. The first-order valence-electron chi connectivity index (χ1n) is 6.27. The highest BCUT2D eigenvalue weighted by Gasteiger charge is 2.30. The third kappa shape index (κ3) is 3.56. The van der Waals surface area contributed by atoms with Crippen LogP contribution in [0.2, 0.25) is 0 Å². The van der Waals surface area contributed by atoms with Gasteiger partial charge in [-0.15, -0.1) is 0 Å². The second kappa shape index (κ2) is 6.19. The van der Waals surface area contributed by atoms with Gasteiger partial charge in [0.25, 0.3) is 0 Å². The van der Waals surface area contributed by atoms with E-state index in [1.165, 1.54) is 29.7 Å². The first-order valence-corrected chi connectivity index (χ1v) is 8.50. The molecule has 0 aliphatic carbocycles. The number of piperidine rings is 1. The molecule has 6 nitrogen and oxygen atoms in total. The number of rotatable bonds is 3. The number of hydrogen-bond donors (Lipinski definition) is 1. The van der Waals surface area contributed by atoms with Gasteiger partial charge in [0.15, 0.2) is 0 Å². The average molecular weight is 362 g/mol. The van der Waals surface area contributed by atoms with Crippen LogP contribution in [0, 0.1) is 0 Å². The Labute approximate surface area is 126 Å². The molecule has 0 aromatic carbocycles. The molecule has 0 saturated carbocycles. The summed E-state index contributed by atoms with van der Waals surface area (Å²) in [6.07, 6.45) is 4.39. The highest BCUT2D eigenvalue weighted by molar-refractivity contribution is 9.10. The van der Waals surface area contributed by atoms with Gasteiger partial charge in [-0.1, -0.05) is 0 Å². The minimum atomic E-state index is -3.56. The molecule has 1 fully saturated rings. The quantitative estimate of drug-likeness (QED) is 0.875. The monoisotopic (exact) mass is 361 g/mol. The Balaban J connectivity index is 2.19. The van der Waals surface area contributed by atoms with Gasteiger partial charge < -0.3 is 5.32 Å². The topological polar surface area (TPSA) is 79.4 Å². The van der Waals surface area contributed by atoms with Crippen LogP contribution in [0.25, 0.3) is 0 Å².